The fourth-order valence-electron chi connectivity index (χ4n) is 1.69. The molecule has 0 aromatic heterocycles. The Morgan fingerprint density at radius 1 is 1.14 bits per heavy atom. The van der Waals surface area contributed by atoms with Crippen LogP contribution in [0.25, 0.3) is 0 Å². The fraction of sp³-hybridized carbons (Fsp3) is 0.400. The number of carbonyl (C=O) groups excluding carboxylic acids is 3. The second kappa shape index (κ2) is 8.86. The summed E-state index contributed by atoms with van der Waals surface area (Å²) >= 11 is 0. The lowest BCUT2D eigenvalue weighted by Gasteiger charge is -2.16. The summed E-state index contributed by atoms with van der Waals surface area (Å²) in [5, 5.41) is 2.56. The molecule has 0 saturated heterocycles. The first-order valence-electron chi connectivity index (χ1n) is 6.51. The quantitative estimate of drug-likeness (QED) is 0.706. The molecule has 0 fully saturated rings. The van der Waals surface area contributed by atoms with E-state index < -0.39 is 24.5 Å². The number of hydrogen-bond donors (Lipinski definition) is 1. The zero-order valence-corrected chi connectivity index (χ0v) is 12.1. The Morgan fingerprint density at radius 2 is 1.81 bits per heavy atom. The Bertz CT molecular complexity index is 486. The monoisotopic (exact) mass is 293 g/mol. The van der Waals surface area contributed by atoms with Crippen LogP contribution in [0.5, 0.6) is 0 Å². The summed E-state index contributed by atoms with van der Waals surface area (Å²) in [4.78, 5) is 34.3. The second-order valence-corrected chi connectivity index (χ2v) is 4.51. The molecule has 0 aliphatic carbocycles. The maximum absolute atomic E-state index is 11.7. The molecule has 1 amide bonds. The summed E-state index contributed by atoms with van der Waals surface area (Å²) in [6.45, 7) is 0.763. The average molecular weight is 293 g/mol. The molecule has 1 atom stereocenters. The van der Waals surface area contributed by atoms with Crippen molar-refractivity contribution < 1.29 is 23.9 Å². The van der Waals surface area contributed by atoms with Gasteiger partial charge in [-0.1, -0.05) is 30.3 Å². The van der Waals surface area contributed by atoms with E-state index in [1.807, 2.05) is 30.3 Å². The summed E-state index contributed by atoms with van der Waals surface area (Å²) in [5.41, 5.74) is 0.939. The van der Waals surface area contributed by atoms with Crippen LogP contribution in [0.4, 0.5) is 0 Å². The van der Waals surface area contributed by atoms with E-state index in [2.05, 4.69) is 14.8 Å². The molecule has 21 heavy (non-hydrogen) atoms. The van der Waals surface area contributed by atoms with E-state index in [9.17, 15) is 14.4 Å². The predicted octanol–water partition coefficient (Wildman–Crippen LogP) is 0.493. The Hall–Kier alpha value is -2.21. The van der Waals surface area contributed by atoms with Crippen LogP contribution in [0, 0.1) is 0 Å². The number of Topliss-reactive ketones (excluding diaryl/α,β-unsaturated/α-hetero) is 1. The zero-order valence-electron chi connectivity index (χ0n) is 12.1. The molecular weight excluding hydrogens is 274 g/mol. The van der Waals surface area contributed by atoms with Crippen LogP contribution in [-0.4, -0.2) is 44.0 Å². The number of nitrogens with one attached hydrogen (secondary N) is 1. The van der Waals surface area contributed by atoms with Gasteiger partial charge in [0.2, 0.25) is 0 Å². The van der Waals surface area contributed by atoms with Gasteiger partial charge in [-0.3, -0.25) is 9.59 Å². The van der Waals surface area contributed by atoms with E-state index >= 15 is 0 Å². The second-order valence-electron chi connectivity index (χ2n) is 4.51. The number of methoxy groups -OCH3 is 1. The van der Waals surface area contributed by atoms with Crippen LogP contribution >= 0.6 is 0 Å². The molecule has 0 spiro atoms. The Morgan fingerprint density at radius 3 is 2.38 bits per heavy atom. The van der Waals surface area contributed by atoms with Crippen molar-refractivity contribution in [1.82, 2.24) is 5.32 Å². The third kappa shape index (κ3) is 6.67. The van der Waals surface area contributed by atoms with Crippen molar-refractivity contribution in [3.05, 3.63) is 35.9 Å². The summed E-state index contributed by atoms with van der Waals surface area (Å²) < 4.78 is 9.26. The molecule has 0 aliphatic heterocycles. The highest BCUT2D eigenvalue weighted by Crippen LogP contribution is 2.04. The van der Waals surface area contributed by atoms with Crippen LogP contribution in [-0.2, 0) is 30.3 Å². The number of ketones is 1. The molecule has 0 heterocycles. The summed E-state index contributed by atoms with van der Waals surface area (Å²) in [6.07, 6.45) is 0.397. The van der Waals surface area contributed by atoms with Gasteiger partial charge in [-0.05, 0) is 18.9 Å². The van der Waals surface area contributed by atoms with Gasteiger partial charge in [0.05, 0.1) is 6.04 Å². The van der Waals surface area contributed by atoms with E-state index in [1.54, 1.807) is 0 Å². The van der Waals surface area contributed by atoms with E-state index in [-0.39, 0.29) is 12.4 Å². The Kier molecular flexibility index (Phi) is 7.11. The van der Waals surface area contributed by atoms with Crippen LogP contribution in [0.15, 0.2) is 30.3 Å². The maximum Gasteiger partial charge on any atom is 0.332 e. The predicted molar refractivity (Wildman–Crippen MR) is 75.6 cm³/mol. The van der Waals surface area contributed by atoms with Crippen LogP contribution in [0.1, 0.15) is 12.5 Å². The molecule has 0 aliphatic rings. The smallest absolute Gasteiger partial charge is 0.332 e. The summed E-state index contributed by atoms with van der Waals surface area (Å²) in [5.74, 6) is -1.30. The topological polar surface area (TPSA) is 81.7 Å². The van der Waals surface area contributed by atoms with Crippen LogP contribution in [0.3, 0.4) is 0 Å². The van der Waals surface area contributed by atoms with E-state index in [4.69, 9.17) is 0 Å². The van der Waals surface area contributed by atoms with Crippen molar-refractivity contribution in [3.8, 4) is 0 Å². The maximum atomic E-state index is 11.7. The van der Waals surface area contributed by atoms with Gasteiger partial charge in [0.25, 0.3) is 5.91 Å². The van der Waals surface area contributed by atoms with Crippen molar-refractivity contribution in [1.29, 1.82) is 0 Å². The summed E-state index contributed by atoms with van der Waals surface area (Å²) in [7, 11) is 1.35. The van der Waals surface area contributed by atoms with Crippen LogP contribution < -0.4 is 5.32 Å². The average Bonchev–Trinajstić information content (AvgIpc) is 2.46. The first-order valence-corrected chi connectivity index (χ1v) is 6.51. The molecule has 6 heteroatoms. The van der Waals surface area contributed by atoms with Crippen molar-refractivity contribution >= 4 is 17.7 Å². The standard InChI is InChI=1S/C15H19NO5/c1-11(17)13(8-12-6-4-3-5-7-12)16-14(18)9-21-15(19)10-20-2/h3-7,13H,8-10H2,1-2H3,(H,16,18)/t13-/m1/s1. The molecule has 0 saturated carbocycles. The normalized spacial score (nSPS) is 11.5. The molecule has 0 unspecified atom stereocenters. The first-order chi connectivity index (χ1) is 10.0. The van der Waals surface area contributed by atoms with Gasteiger partial charge in [0.1, 0.15) is 6.61 Å². The zero-order chi connectivity index (χ0) is 15.7. The highest BCUT2D eigenvalue weighted by atomic mass is 16.6. The molecule has 1 rings (SSSR count). The minimum atomic E-state index is -0.638. The number of hydrogen-bond acceptors (Lipinski definition) is 5. The Labute approximate surface area is 123 Å². The van der Waals surface area contributed by atoms with E-state index in [0.29, 0.717) is 6.42 Å². The highest BCUT2D eigenvalue weighted by Gasteiger charge is 2.18. The third-order valence-electron chi connectivity index (χ3n) is 2.74. The first kappa shape index (κ1) is 16.8. The third-order valence-corrected chi connectivity index (χ3v) is 2.74. The van der Waals surface area contributed by atoms with Gasteiger partial charge in [-0.25, -0.2) is 4.79 Å². The minimum absolute atomic E-state index is 0.157. The molecule has 1 aromatic rings. The largest absolute Gasteiger partial charge is 0.454 e. The fourth-order valence-corrected chi connectivity index (χ4v) is 1.69. The minimum Gasteiger partial charge on any atom is -0.454 e. The molecule has 1 aromatic carbocycles. The van der Waals surface area contributed by atoms with Crippen molar-refractivity contribution in [2.45, 2.75) is 19.4 Å². The molecule has 0 radical (unpaired) electrons. The summed E-state index contributed by atoms with van der Waals surface area (Å²) in [6, 6.07) is 8.71. The van der Waals surface area contributed by atoms with Gasteiger partial charge in [0, 0.05) is 7.11 Å². The molecule has 1 N–H and O–H groups in total. The number of carbonyl (C=O) groups is 3. The van der Waals surface area contributed by atoms with E-state index in [1.165, 1.54) is 14.0 Å². The molecule has 6 nitrogen and oxygen atoms in total. The van der Waals surface area contributed by atoms with E-state index in [0.717, 1.165) is 5.56 Å². The van der Waals surface area contributed by atoms with Gasteiger partial charge in [-0.15, -0.1) is 0 Å². The molecular formula is C15H19NO5. The lowest BCUT2D eigenvalue weighted by molar-refractivity contribution is -0.152. The number of esters is 1. The molecule has 0 bridgehead atoms. The van der Waals surface area contributed by atoms with Crippen molar-refractivity contribution in [3.63, 3.8) is 0 Å². The number of benzene rings is 1. The highest BCUT2D eigenvalue weighted by molar-refractivity contribution is 5.88. The Balaban J connectivity index is 2.49. The van der Waals surface area contributed by atoms with Crippen LogP contribution in [0.2, 0.25) is 0 Å². The lowest BCUT2D eigenvalue weighted by Crippen LogP contribution is -2.43. The van der Waals surface area contributed by atoms with Crippen molar-refractivity contribution in [2.24, 2.45) is 0 Å². The van der Waals surface area contributed by atoms with Gasteiger partial charge < -0.3 is 14.8 Å². The lowest BCUT2D eigenvalue weighted by atomic mass is 10.0. The molecule has 114 valence electrons. The van der Waals surface area contributed by atoms with Gasteiger partial charge in [0.15, 0.2) is 12.4 Å². The van der Waals surface area contributed by atoms with Gasteiger partial charge >= 0.3 is 5.97 Å². The number of ether oxygens (including phenoxy) is 2. The van der Waals surface area contributed by atoms with Gasteiger partial charge in [-0.2, -0.15) is 0 Å². The van der Waals surface area contributed by atoms with Crippen molar-refractivity contribution in [2.75, 3.05) is 20.3 Å². The number of rotatable bonds is 8. The SMILES string of the molecule is COCC(=O)OCC(=O)N[C@H](Cc1ccccc1)C(C)=O. The number of amides is 1.